The maximum absolute atomic E-state index is 4.40. The molecule has 3 heteroatoms. The Hall–Kier alpha value is -2.03. The fourth-order valence-electron chi connectivity index (χ4n) is 2.23. The zero-order valence-electron chi connectivity index (χ0n) is 12.6. The van der Waals surface area contributed by atoms with E-state index in [1.807, 2.05) is 12.3 Å². The summed E-state index contributed by atoms with van der Waals surface area (Å²) in [4.78, 5) is 6.65. The SMILES string of the molecule is CCNc1ncccc1CN(C)c1ccc(CC)cc1. The first-order chi connectivity index (χ1) is 9.74. The molecule has 0 aliphatic heterocycles. The summed E-state index contributed by atoms with van der Waals surface area (Å²) in [7, 11) is 2.11. The molecule has 2 rings (SSSR count). The van der Waals surface area contributed by atoms with Crippen molar-refractivity contribution in [3.05, 3.63) is 53.7 Å². The molecule has 1 N–H and O–H groups in total. The molecule has 1 aromatic heterocycles. The molecule has 0 aliphatic rings. The van der Waals surface area contributed by atoms with E-state index in [0.29, 0.717) is 0 Å². The Bertz CT molecular complexity index is 534. The monoisotopic (exact) mass is 269 g/mol. The molecule has 0 unspecified atom stereocenters. The van der Waals surface area contributed by atoms with Gasteiger partial charge in [-0.2, -0.15) is 0 Å². The normalized spacial score (nSPS) is 10.3. The van der Waals surface area contributed by atoms with E-state index >= 15 is 0 Å². The van der Waals surface area contributed by atoms with Crippen molar-refractivity contribution in [2.45, 2.75) is 26.8 Å². The lowest BCUT2D eigenvalue weighted by Gasteiger charge is -2.21. The van der Waals surface area contributed by atoms with Gasteiger partial charge in [0.1, 0.15) is 5.82 Å². The number of benzene rings is 1. The third-order valence-electron chi connectivity index (χ3n) is 3.43. The van der Waals surface area contributed by atoms with Crippen LogP contribution in [0.5, 0.6) is 0 Å². The number of pyridine rings is 1. The highest BCUT2D eigenvalue weighted by Gasteiger charge is 2.06. The molecule has 1 aromatic carbocycles. The Balaban J connectivity index is 2.12. The number of hydrogen-bond donors (Lipinski definition) is 1. The molecule has 0 radical (unpaired) electrons. The fraction of sp³-hybridized carbons (Fsp3) is 0.353. The number of nitrogens with zero attached hydrogens (tertiary/aromatic N) is 2. The lowest BCUT2D eigenvalue weighted by molar-refractivity contribution is 0.912. The van der Waals surface area contributed by atoms with Gasteiger partial charge in [-0.05, 0) is 37.1 Å². The summed E-state index contributed by atoms with van der Waals surface area (Å²) >= 11 is 0. The van der Waals surface area contributed by atoms with Crippen molar-refractivity contribution in [1.29, 1.82) is 0 Å². The van der Waals surface area contributed by atoms with Crippen LogP contribution >= 0.6 is 0 Å². The van der Waals surface area contributed by atoms with Gasteiger partial charge in [-0.15, -0.1) is 0 Å². The second-order valence-electron chi connectivity index (χ2n) is 4.92. The van der Waals surface area contributed by atoms with Gasteiger partial charge in [0, 0.05) is 37.6 Å². The third kappa shape index (κ3) is 3.50. The summed E-state index contributed by atoms with van der Waals surface area (Å²) in [5.41, 5.74) is 3.82. The number of aromatic nitrogens is 1. The molecule has 0 amide bonds. The van der Waals surface area contributed by atoms with Gasteiger partial charge < -0.3 is 10.2 Å². The smallest absolute Gasteiger partial charge is 0.130 e. The summed E-state index contributed by atoms with van der Waals surface area (Å²) in [5, 5.41) is 3.31. The highest BCUT2D eigenvalue weighted by molar-refractivity contribution is 5.51. The Labute approximate surface area is 121 Å². The molecule has 0 fully saturated rings. The summed E-state index contributed by atoms with van der Waals surface area (Å²) < 4.78 is 0. The first-order valence-corrected chi connectivity index (χ1v) is 7.22. The molecule has 0 atom stereocenters. The van der Waals surface area contributed by atoms with E-state index in [2.05, 4.69) is 66.4 Å². The van der Waals surface area contributed by atoms with Gasteiger partial charge in [0.2, 0.25) is 0 Å². The van der Waals surface area contributed by atoms with E-state index in [1.54, 1.807) is 0 Å². The van der Waals surface area contributed by atoms with E-state index < -0.39 is 0 Å². The van der Waals surface area contributed by atoms with Crippen LogP contribution in [0.25, 0.3) is 0 Å². The first kappa shape index (κ1) is 14.4. The van der Waals surface area contributed by atoms with E-state index in [-0.39, 0.29) is 0 Å². The Morgan fingerprint density at radius 3 is 2.50 bits per heavy atom. The average Bonchev–Trinajstić information content (AvgIpc) is 2.49. The van der Waals surface area contributed by atoms with Crippen LogP contribution in [0, 0.1) is 0 Å². The third-order valence-corrected chi connectivity index (χ3v) is 3.43. The van der Waals surface area contributed by atoms with Crippen LogP contribution in [0.4, 0.5) is 11.5 Å². The molecule has 3 nitrogen and oxygen atoms in total. The largest absolute Gasteiger partial charge is 0.370 e. The minimum absolute atomic E-state index is 0.849. The lowest BCUT2D eigenvalue weighted by atomic mass is 10.1. The highest BCUT2D eigenvalue weighted by atomic mass is 15.1. The molecule has 0 bridgehead atoms. The standard InChI is InChI=1S/C17H23N3/c1-4-14-8-10-16(11-9-14)20(3)13-15-7-6-12-19-17(15)18-5-2/h6-12H,4-5,13H2,1-3H3,(H,18,19). The van der Waals surface area contributed by atoms with Crippen molar-refractivity contribution >= 4 is 11.5 Å². The molecule has 1 heterocycles. The number of anilines is 2. The van der Waals surface area contributed by atoms with Crippen molar-refractivity contribution < 1.29 is 0 Å². The van der Waals surface area contributed by atoms with Gasteiger partial charge in [0.15, 0.2) is 0 Å². The van der Waals surface area contributed by atoms with E-state index in [1.165, 1.54) is 16.8 Å². The molecule has 2 aromatic rings. The quantitative estimate of drug-likeness (QED) is 0.866. The van der Waals surface area contributed by atoms with Gasteiger partial charge in [-0.25, -0.2) is 4.98 Å². The zero-order valence-corrected chi connectivity index (χ0v) is 12.6. The van der Waals surface area contributed by atoms with Crippen LogP contribution < -0.4 is 10.2 Å². The van der Waals surface area contributed by atoms with Crippen LogP contribution in [0.1, 0.15) is 25.0 Å². The topological polar surface area (TPSA) is 28.2 Å². The molecule has 0 spiro atoms. The minimum atomic E-state index is 0.849. The number of rotatable bonds is 6. The van der Waals surface area contributed by atoms with Crippen molar-refractivity contribution in [3.8, 4) is 0 Å². The summed E-state index contributed by atoms with van der Waals surface area (Å²) in [5.74, 6) is 0.979. The highest BCUT2D eigenvalue weighted by Crippen LogP contribution is 2.19. The van der Waals surface area contributed by atoms with Crippen LogP contribution in [0.2, 0.25) is 0 Å². The minimum Gasteiger partial charge on any atom is -0.370 e. The molecule has 106 valence electrons. The van der Waals surface area contributed by atoms with Crippen LogP contribution in [-0.4, -0.2) is 18.6 Å². The van der Waals surface area contributed by atoms with Crippen LogP contribution in [0.3, 0.4) is 0 Å². The average molecular weight is 269 g/mol. The van der Waals surface area contributed by atoms with Gasteiger partial charge in [-0.3, -0.25) is 0 Å². The molecular formula is C17H23N3. The predicted octanol–water partition coefficient (Wildman–Crippen LogP) is 3.71. The summed E-state index contributed by atoms with van der Waals surface area (Å²) in [6, 6.07) is 12.9. The Morgan fingerprint density at radius 1 is 1.10 bits per heavy atom. The molecule has 0 saturated carbocycles. The Morgan fingerprint density at radius 2 is 1.85 bits per heavy atom. The lowest BCUT2D eigenvalue weighted by Crippen LogP contribution is -2.18. The fourth-order valence-corrected chi connectivity index (χ4v) is 2.23. The van der Waals surface area contributed by atoms with Crippen molar-refractivity contribution in [2.75, 3.05) is 23.8 Å². The maximum Gasteiger partial charge on any atom is 0.130 e. The summed E-state index contributed by atoms with van der Waals surface area (Å²) in [6.07, 6.45) is 2.91. The van der Waals surface area contributed by atoms with Crippen molar-refractivity contribution in [3.63, 3.8) is 0 Å². The zero-order chi connectivity index (χ0) is 14.4. The molecule has 20 heavy (non-hydrogen) atoms. The van der Waals surface area contributed by atoms with E-state index in [4.69, 9.17) is 0 Å². The van der Waals surface area contributed by atoms with Crippen LogP contribution in [0.15, 0.2) is 42.6 Å². The molecular weight excluding hydrogens is 246 g/mol. The van der Waals surface area contributed by atoms with Crippen molar-refractivity contribution in [1.82, 2.24) is 4.98 Å². The van der Waals surface area contributed by atoms with Gasteiger partial charge in [-0.1, -0.05) is 25.1 Å². The van der Waals surface area contributed by atoms with Gasteiger partial charge >= 0.3 is 0 Å². The van der Waals surface area contributed by atoms with Crippen molar-refractivity contribution in [2.24, 2.45) is 0 Å². The van der Waals surface area contributed by atoms with E-state index in [0.717, 1.165) is 25.3 Å². The number of aryl methyl sites for hydroxylation is 1. The van der Waals surface area contributed by atoms with Gasteiger partial charge in [0.05, 0.1) is 0 Å². The predicted molar refractivity (Wildman–Crippen MR) is 86.3 cm³/mol. The molecule has 0 saturated heterocycles. The van der Waals surface area contributed by atoms with Crippen LogP contribution in [-0.2, 0) is 13.0 Å². The second kappa shape index (κ2) is 6.94. The summed E-state index contributed by atoms with van der Waals surface area (Å²) in [6.45, 7) is 6.00. The van der Waals surface area contributed by atoms with Gasteiger partial charge in [0.25, 0.3) is 0 Å². The number of hydrogen-bond acceptors (Lipinski definition) is 3. The first-order valence-electron chi connectivity index (χ1n) is 7.22. The molecule has 0 aliphatic carbocycles. The number of nitrogens with one attached hydrogen (secondary N) is 1. The Kier molecular flexibility index (Phi) is 4.99. The maximum atomic E-state index is 4.40. The second-order valence-corrected chi connectivity index (χ2v) is 4.92. The van der Waals surface area contributed by atoms with E-state index in [9.17, 15) is 0 Å².